The molecule has 3 fully saturated rings. The molecule has 0 spiro atoms. The van der Waals surface area contributed by atoms with Crippen LogP contribution < -0.4 is 43.8 Å². The number of nitrogens with zero attached hydrogens (tertiary/aromatic N) is 4. The Hall–Kier alpha value is -6.15. The summed E-state index contributed by atoms with van der Waals surface area (Å²) in [5.41, 5.74) is 23.9. The smallest absolute Gasteiger partial charge is 0.407 e. The van der Waals surface area contributed by atoms with Crippen molar-refractivity contribution in [2.45, 2.75) is 149 Å². The summed E-state index contributed by atoms with van der Waals surface area (Å²) in [7, 11) is 2.13. The van der Waals surface area contributed by atoms with E-state index in [1.54, 1.807) is 20.8 Å². The molecule has 3 aromatic carbocycles. The molecule has 0 aromatic heterocycles. The number of amides is 8. The SMILES string of the molecule is CN(CCCNC(=O)N1CCC(CN)(CCc2ccccc2)CC1)Cc1cccc(CCC2(CN)CCN(C(=O)NCCCNC(=O)OC(C)(C)Cc3cccc(CCC4(CN)CCN(C(=O)NCCNC(=O)OC(C)(C)C)CC4)c3)CC2)c1. The van der Waals surface area contributed by atoms with E-state index >= 15 is 0 Å². The number of piperidine rings is 3. The Labute approximate surface area is 502 Å². The molecule has 3 saturated heterocycles. The highest BCUT2D eigenvalue weighted by atomic mass is 16.6. The van der Waals surface area contributed by atoms with E-state index in [1.165, 1.54) is 22.3 Å². The van der Waals surface area contributed by atoms with E-state index in [4.69, 9.17) is 26.7 Å². The number of aryl methyl sites for hydroxylation is 3. The molecule has 0 unspecified atom stereocenters. The second-order valence-electron chi connectivity index (χ2n) is 26.0. The normalized spacial score (nSPS) is 16.8. The van der Waals surface area contributed by atoms with Crippen LogP contribution in [0.3, 0.4) is 0 Å². The topological polar surface area (TPSA) is 255 Å². The average molecular weight is 1170 g/mol. The number of nitrogens with one attached hydrogen (secondary N) is 5. The van der Waals surface area contributed by atoms with Gasteiger partial charge in [0.1, 0.15) is 11.2 Å². The van der Waals surface area contributed by atoms with E-state index in [0.29, 0.717) is 84.8 Å². The van der Waals surface area contributed by atoms with Crippen molar-refractivity contribution in [1.29, 1.82) is 0 Å². The minimum atomic E-state index is -0.759. The highest BCUT2D eigenvalue weighted by Gasteiger charge is 2.37. The minimum absolute atomic E-state index is 0.0254. The summed E-state index contributed by atoms with van der Waals surface area (Å²) in [6.07, 6.45) is 11.9. The molecule has 3 aromatic rings. The lowest BCUT2D eigenvalue weighted by atomic mass is 9.74. The van der Waals surface area contributed by atoms with Gasteiger partial charge in [0.25, 0.3) is 0 Å². The average Bonchev–Trinajstić information content (AvgIpc) is 3.34. The fraction of sp³-hybridized carbons (Fsp3) is 0.646. The van der Waals surface area contributed by atoms with Crippen LogP contribution in [-0.2, 0) is 41.7 Å². The first-order valence-electron chi connectivity index (χ1n) is 31.1. The fourth-order valence-electron chi connectivity index (χ4n) is 12.1. The monoisotopic (exact) mass is 1160 g/mol. The third-order valence-corrected chi connectivity index (χ3v) is 17.7. The number of benzene rings is 3. The lowest BCUT2D eigenvalue weighted by Gasteiger charge is -2.41. The number of alkyl carbamates (subject to hydrolysis) is 2. The van der Waals surface area contributed by atoms with Crippen LogP contribution in [0.5, 0.6) is 0 Å². The highest BCUT2D eigenvalue weighted by molar-refractivity contribution is 5.75. The maximum Gasteiger partial charge on any atom is 0.407 e. The zero-order chi connectivity index (χ0) is 60.6. The number of carbonyl (C=O) groups is 5. The van der Waals surface area contributed by atoms with Gasteiger partial charge in [-0.25, -0.2) is 24.0 Å². The first kappa shape index (κ1) is 67.0. The van der Waals surface area contributed by atoms with Gasteiger partial charge in [-0.2, -0.15) is 0 Å². The molecule has 19 nitrogen and oxygen atoms in total. The number of hydrogen-bond donors (Lipinski definition) is 8. The quantitative estimate of drug-likeness (QED) is 0.0324. The molecule has 0 aliphatic carbocycles. The molecule has 0 saturated carbocycles. The van der Waals surface area contributed by atoms with Crippen LogP contribution in [0.1, 0.15) is 133 Å². The molecule has 3 heterocycles. The molecule has 19 heteroatoms. The van der Waals surface area contributed by atoms with Gasteiger partial charge >= 0.3 is 30.3 Å². The van der Waals surface area contributed by atoms with Crippen LogP contribution in [-0.4, -0.2) is 166 Å². The van der Waals surface area contributed by atoms with Crippen molar-refractivity contribution < 1.29 is 33.4 Å². The van der Waals surface area contributed by atoms with E-state index < -0.39 is 23.4 Å². The van der Waals surface area contributed by atoms with E-state index in [0.717, 1.165) is 115 Å². The Morgan fingerprint density at radius 2 is 0.869 bits per heavy atom. The second-order valence-corrected chi connectivity index (χ2v) is 26.0. The molecule has 466 valence electrons. The Kier molecular flexibility index (Phi) is 25.8. The van der Waals surface area contributed by atoms with E-state index in [1.807, 2.05) is 40.7 Å². The van der Waals surface area contributed by atoms with Gasteiger partial charge in [0, 0.05) is 85.0 Å². The van der Waals surface area contributed by atoms with Crippen LogP contribution in [0.25, 0.3) is 0 Å². The molecule has 84 heavy (non-hydrogen) atoms. The van der Waals surface area contributed by atoms with Gasteiger partial charge in [-0.3, -0.25) is 0 Å². The second kappa shape index (κ2) is 32.4. The van der Waals surface area contributed by atoms with Gasteiger partial charge in [0.2, 0.25) is 0 Å². The van der Waals surface area contributed by atoms with Crippen molar-refractivity contribution in [1.82, 2.24) is 46.2 Å². The lowest BCUT2D eigenvalue weighted by Crippen LogP contribution is -2.50. The first-order chi connectivity index (χ1) is 40.1. The summed E-state index contributed by atoms with van der Waals surface area (Å²) in [6, 6.07) is 27.6. The zero-order valence-electron chi connectivity index (χ0n) is 51.8. The molecular weight excluding hydrogens is 1060 g/mol. The van der Waals surface area contributed by atoms with Crippen LogP contribution >= 0.6 is 0 Å². The van der Waals surface area contributed by atoms with Gasteiger partial charge < -0.3 is 72.9 Å². The van der Waals surface area contributed by atoms with Crippen molar-refractivity contribution in [3.05, 3.63) is 107 Å². The molecule has 8 amide bonds. The van der Waals surface area contributed by atoms with Crippen molar-refractivity contribution in [3.63, 3.8) is 0 Å². The molecule has 0 atom stereocenters. The molecule has 6 rings (SSSR count). The largest absolute Gasteiger partial charge is 0.444 e. The van der Waals surface area contributed by atoms with Gasteiger partial charge in [-0.05, 0) is 202 Å². The fourth-order valence-corrected chi connectivity index (χ4v) is 12.1. The molecule has 0 radical (unpaired) electrons. The molecule has 11 N–H and O–H groups in total. The maximum atomic E-state index is 13.2. The number of ether oxygens (including phenoxy) is 2. The Morgan fingerprint density at radius 1 is 0.488 bits per heavy atom. The van der Waals surface area contributed by atoms with Crippen molar-refractivity contribution in [2.75, 3.05) is 105 Å². The van der Waals surface area contributed by atoms with Crippen molar-refractivity contribution in [2.24, 2.45) is 33.4 Å². The highest BCUT2D eigenvalue weighted by Crippen LogP contribution is 2.38. The number of urea groups is 3. The third kappa shape index (κ3) is 22.4. The predicted molar refractivity (Wildman–Crippen MR) is 333 cm³/mol. The zero-order valence-corrected chi connectivity index (χ0v) is 51.8. The summed E-state index contributed by atoms with van der Waals surface area (Å²) < 4.78 is 11.1. The third-order valence-electron chi connectivity index (χ3n) is 17.7. The Morgan fingerprint density at radius 3 is 1.36 bits per heavy atom. The maximum absolute atomic E-state index is 13.2. The Balaban J connectivity index is 0.801. The summed E-state index contributed by atoms with van der Waals surface area (Å²) in [5.74, 6) is 0. The number of hydrogen-bond acceptors (Lipinski definition) is 11. The van der Waals surface area contributed by atoms with E-state index in [-0.39, 0.29) is 40.9 Å². The summed E-state index contributed by atoms with van der Waals surface area (Å²) >= 11 is 0. The van der Waals surface area contributed by atoms with Gasteiger partial charge in [0.05, 0.1) is 0 Å². The molecule has 3 aliphatic rings. The number of carbonyl (C=O) groups excluding carboxylic acids is 5. The van der Waals surface area contributed by atoms with E-state index in [9.17, 15) is 24.0 Å². The molecule has 0 bridgehead atoms. The summed E-state index contributed by atoms with van der Waals surface area (Å²) in [5, 5.41) is 14.6. The molecule has 3 aliphatic heterocycles. The standard InChI is InChI=1S/C65H104N12O7/c1-61(2,3)83-59(81)73-36-35-71-58(80)77-42-30-64(49-67,31-43-77)24-21-52-16-10-18-54(44-52)46-62(4,5)84-60(82)72-33-12-32-69-56(78)75-40-28-65(50-68,29-41-75)25-22-53-17-11-19-55(45-53)47-74(6)37-13-34-70-57(79)76-38-26-63(48-66,27-39-76)23-20-51-14-8-7-9-15-51/h7-11,14-19,44-45H,12-13,20-43,46-50,66-68H2,1-6H3,(H,69,78)(H,70,79)(H,71,80)(H,72,82)(H,73,81). The minimum Gasteiger partial charge on any atom is -0.444 e. The van der Waals surface area contributed by atoms with Crippen LogP contribution in [0.2, 0.25) is 0 Å². The molecular formula is C65H104N12O7. The first-order valence-corrected chi connectivity index (χ1v) is 31.1. The lowest BCUT2D eigenvalue weighted by molar-refractivity contribution is 0.0392. The van der Waals surface area contributed by atoms with Crippen molar-refractivity contribution in [3.8, 4) is 0 Å². The van der Waals surface area contributed by atoms with Gasteiger partial charge in [-0.1, -0.05) is 78.9 Å². The predicted octanol–water partition coefficient (Wildman–Crippen LogP) is 7.92. The van der Waals surface area contributed by atoms with Crippen LogP contribution in [0.4, 0.5) is 24.0 Å². The summed E-state index contributed by atoms with van der Waals surface area (Å²) in [6.45, 7) is 18.7. The number of nitrogens with two attached hydrogens (primary N) is 3. The Bertz CT molecular complexity index is 2520. The number of likely N-dealkylation sites (tertiary alicyclic amines) is 3. The number of rotatable bonds is 28. The van der Waals surface area contributed by atoms with Crippen LogP contribution in [0.15, 0.2) is 78.9 Å². The van der Waals surface area contributed by atoms with E-state index in [2.05, 4.69) is 105 Å². The van der Waals surface area contributed by atoms with Crippen molar-refractivity contribution >= 4 is 30.3 Å². The van der Waals surface area contributed by atoms with Gasteiger partial charge in [0.15, 0.2) is 0 Å². The summed E-state index contributed by atoms with van der Waals surface area (Å²) in [4.78, 5) is 71.9. The van der Waals surface area contributed by atoms with Crippen LogP contribution in [0, 0.1) is 16.2 Å². The van der Waals surface area contributed by atoms with Gasteiger partial charge in [-0.15, -0.1) is 0 Å².